The molecule has 1 aromatic carbocycles. The fourth-order valence-electron chi connectivity index (χ4n) is 3.61. The molecule has 1 aliphatic heterocycles. The van der Waals surface area contributed by atoms with E-state index in [0.29, 0.717) is 17.8 Å². The highest BCUT2D eigenvalue weighted by Crippen LogP contribution is 2.39. The fraction of sp³-hybridized carbons (Fsp3) is 0.250. The molecule has 1 atom stereocenters. The summed E-state index contributed by atoms with van der Waals surface area (Å²) in [5, 5.41) is 3.83. The summed E-state index contributed by atoms with van der Waals surface area (Å²) in [5.74, 6) is -3.00. The zero-order valence-electron chi connectivity index (χ0n) is 15.9. The van der Waals surface area contributed by atoms with Crippen LogP contribution in [-0.2, 0) is 0 Å². The Hall–Kier alpha value is -3.11. The van der Waals surface area contributed by atoms with Crippen LogP contribution in [0.25, 0.3) is 11.1 Å². The van der Waals surface area contributed by atoms with E-state index in [1.807, 2.05) is 4.90 Å². The molecule has 1 saturated heterocycles. The number of nitrogens with one attached hydrogen (secondary N) is 1. The van der Waals surface area contributed by atoms with Gasteiger partial charge in [-0.3, -0.25) is 9.78 Å². The van der Waals surface area contributed by atoms with Crippen LogP contribution in [0.4, 0.5) is 25.8 Å². The highest BCUT2D eigenvalue weighted by atomic mass is 32.1. The highest BCUT2D eigenvalue weighted by molar-refractivity contribution is 7.07. The molecule has 1 aliphatic rings. The summed E-state index contributed by atoms with van der Waals surface area (Å²) in [6.07, 6.45) is 4.86. The van der Waals surface area contributed by atoms with Gasteiger partial charge in [0.1, 0.15) is 5.69 Å². The monoisotopic (exact) mass is 430 g/mol. The first-order valence-electron chi connectivity index (χ1n) is 9.37. The Morgan fingerprint density at radius 1 is 1.33 bits per heavy atom. The molecule has 7 nitrogen and oxygen atoms in total. The van der Waals surface area contributed by atoms with Gasteiger partial charge >= 0.3 is 0 Å². The number of halogens is 2. The van der Waals surface area contributed by atoms with E-state index in [4.69, 9.17) is 11.5 Å². The lowest BCUT2D eigenvalue weighted by Crippen LogP contribution is -2.43. The maximum atomic E-state index is 15.1. The predicted molar refractivity (Wildman–Crippen MR) is 113 cm³/mol. The summed E-state index contributed by atoms with van der Waals surface area (Å²) < 4.78 is 30.0. The zero-order chi connectivity index (χ0) is 21.3. The van der Waals surface area contributed by atoms with Crippen LogP contribution in [0, 0.1) is 11.6 Å². The largest absolute Gasteiger partial charge is 0.398 e. The average molecular weight is 430 g/mol. The van der Waals surface area contributed by atoms with Crippen molar-refractivity contribution in [1.29, 1.82) is 0 Å². The third-order valence-electron chi connectivity index (χ3n) is 5.02. The summed E-state index contributed by atoms with van der Waals surface area (Å²) in [6.45, 7) is 1.35. The summed E-state index contributed by atoms with van der Waals surface area (Å²) in [4.78, 5) is 22.1. The van der Waals surface area contributed by atoms with Gasteiger partial charge in [0.05, 0.1) is 11.2 Å². The van der Waals surface area contributed by atoms with Crippen molar-refractivity contribution in [3.63, 3.8) is 0 Å². The quantitative estimate of drug-likeness (QED) is 0.548. The molecule has 0 aliphatic carbocycles. The first kappa shape index (κ1) is 20.2. The number of nitrogens with zero attached hydrogens (tertiary/aromatic N) is 3. The number of hydrogen-bond donors (Lipinski definition) is 3. The summed E-state index contributed by atoms with van der Waals surface area (Å²) in [6, 6.07) is 2.95. The number of thiazole rings is 1. The Kier molecular flexibility index (Phi) is 5.60. The van der Waals surface area contributed by atoms with E-state index >= 15 is 4.39 Å². The van der Waals surface area contributed by atoms with E-state index in [2.05, 4.69) is 15.3 Å². The van der Waals surface area contributed by atoms with Crippen molar-refractivity contribution in [2.24, 2.45) is 5.73 Å². The second-order valence-corrected chi connectivity index (χ2v) is 7.80. The van der Waals surface area contributed by atoms with E-state index in [1.54, 1.807) is 12.3 Å². The molecule has 4 rings (SSSR count). The minimum atomic E-state index is -1.20. The average Bonchev–Trinajstić information content (AvgIpc) is 3.27. The Morgan fingerprint density at radius 2 is 2.17 bits per heavy atom. The minimum Gasteiger partial charge on any atom is -0.398 e. The van der Waals surface area contributed by atoms with Crippen molar-refractivity contribution < 1.29 is 13.6 Å². The molecule has 0 saturated carbocycles. The van der Waals surface area contributed by atoms with E-state index in [0.717, 1.165) is 19.4 Å². The second kappa shape index (κ2) is 8.33. The third-order valence-corrected chi connectivity index (χ3v) is 5.60. The number of pyridine rings is 1. The van der Waals surface area contributed by atoms with Gasteiger partial charge in [0.15, 0.2) is 11.6 Å². The molecule has 0 spiro atoms. The number of carbonyl (C=O) groups excluding carboxylic acids is 1. The Bertz CT molecular complexity index is 1080. The molecular formula is C20H20F2N6OS. The SMILES string of the molecule is Nc1cc(NC(=O)c2cscn2)c(F)c(F)c1-c1cnccc1N1CCC[C@H](N)C1. The maximum Gasteiger partial charge on any atom is 0.275 e. The first-order valence-corrected chi connectivity index (χ1v) is 10.3. The number of carbonyl (C=O) groups is 1. The van der Waals surface area contributed by atoms with Crippen LogP contribution in [-0.4, -0.2) is 35.0 Å². The molecule has 3 aromatic rings. The number of nitrogen functional groups attached to an aromatic ring is 1. The van der Waals surface area contributed by atoms with E-state index in [-0.39, 0.29) is 28.7 Å². The molecule has 1 amide bonds. The summed E-state index contributed by atoms with van der Waals surface area (Å²) in [5.41, 5.74) is 14.4. The van der Waals surface area contributed by atoms with E-state index in [9.17, 15) is 9.18 Å². The molecule has 5 N–H and O–H groups in total. The van der Waals surface area contributed by atoms with E-state index < -0.39 is 17.5 Å². The lowest BCUT2D eigenvalue weighted by atomic mass is 9.99. The number of rotatable bonds is 4. The Labute approximate surface area is 175 Å². The van der Waals surface area contributed by atoms with Crippen LogP contribution >= 0.6 is 11.3 Å². The maximum absolute atomic E-state index is 15.1. The van der Waals surface area contributed by atoms with Gasteiger partial charge in [0, 0.05) is 59.4 Å². The number of amides is 1. The summed E-state index contributed by atoms with van der Waals surface area (Å²) in [7, 11) is 0. The number of nitrogens with two attached hydrogens (primary N) is 2. The number of anilines is 3. The standard InChI is InChI=1S/C20H20F2N6OS/c21-18-14(27-20(29)15-9-30-10-26-15)6-13(24)17(19(18)22)12-7-25-4-3-16(12)28-5-1-2-11(23)8-28/h3-4,6-7,9-11H,1-2,5,8,23-24H2,(H,27,29)/t11-/m0/s1. The molecule has 10 heteroatoms. The normalized spacial score (nSPS) is 16.5. The second-order valence-electron chi connectivity index (χ2n) is 7.09. The van der Waals surface area contributed by atoms with Crippen LogP contribution in [0.5, 0.6) is 0 Å². The molecule has 2 aromatic heterocycles. The van der Waals surface area contributed by atoms with Crippen LogP contribution < -0.4 is 21.7 Å². The molecule has 156 valence electrons. The Morgan fingerprint density at radius 3 is 2.90 bits per heavy atom. The Balaban J connectivity index is 1.72. The third kappa shape index (κ3) is 3.83. The topological polar surface area (TPSA) is 110 Å². The smallest absolute Gasteiger partial charge is 0.275 e. The fourth-order valence-corrected chi connectivity index (χ4v) is 4.14. The lowest BCUT2D eigenvalue weighted by Gasteiger charge is -2.34. The van der Waals surface area contributed by atoms with Gasteiger partial charge in [-0.1, -0.05) is 0 Å². The predicted octanol–water partition coefficient (Wildman–Crippen LogP) is 3.25. The molecule has 1 fully saturated rings. The van der Waals surface area contributed by atoms with Gasteiger partial charge in [-0.25, -0.2) is 13.8 Å². The van der Waals surface area contributed by atoms with Crippen molar-refractivity contribution in [3.8, 4) is 11.1 Å². The molecule has 3 heterocycles. The van der Waals surface area contributed by atoms with Gasteiger partial charge in [0.2, 0.25) is 0 Å². The van der Waals surface area contributed by atoms with Crippen molar-refractivity contribution in [3.05, 3.63) is 52.7 Å². The van der Waals surface area contributed by atoms with Crippen molar-refractivity contribution in [2.75, 3.05) is 29.0 Å². The molecule has 0 unspecified atom stereocenters. The van der Waals surface area contributed by atoms with Gasteiger partial charge in [-0.15, -0.1) is 11.3 Å². The van der Waals surface area contributed by atoms with Gasteiger partial charge < -0.3 is 21.7 Å². The van der Waals surface area contributed by atoms with Gasteiger partial charge in [-0.2, -0.15) is 0 Å². The number of benzene rings is 1. The van der Waals surface area contributed by atoms with E-state index in [1.165, 1.54) is 34.5 Å². The molecule has 0 radical (unpaired) electrons. The molecule has 0 bridgehead atoms. The van der Waals surface area contributed by atoms with Gasteiger partial charge in [0.25, 0.3) is 5.91 Å². The van der Waals surface area contributed by atoms with Crippen molar-refractivity contribution >= 4 is 34.3 Å². The molecule has 30 heavy (non-hydrogen) atoms. The lowest BCUT2D eigenvalue weighted by molar-refractivity contribution is 0.102. The van der Waals surface area contributed by atoms with Crippen LogP contribution in [0.1, 0.15) is 23.3 Å². The number of piperidine rings is 1. The minimum absolute atomic E-state index is 0.00185. The van der Waals surface area contributed by atoms with Crippen LogP contribution in [0.2, 0.25) is 0 Å². The van der Waals surface area contributed by atoms with Crippen LogP contribution in [0.15, 0.2) is 35.4 Å². The van der Waals surface area contributed by atoms with Crippen molar-refractivity contribution in [1.82, 2.24) is 9.97 Å². The van der Waals surface area contributed by atoms with Gasteiger partial charge in [-0.05, 0) is 25.0 Å². The number of aromatic nitrogens is 2. The molecular weight excluding hydrogens is 410 g/mol. The van der Waals surface area contributed by atoms with Crippen LogP contribution in [0.3, 0.4) is 0 Å². The van der Waals surface area contributed by atoms with Crippen molar-refractivity contribution in [2.45, 2.75) is 18.9 Å². The highest BCUT2D eigenvalue weighted by Gasteiger charge is 2.25. The summed E-state index contributed by atoms with van der Waals surface area (Å²) >= 11 is 1.22. The zero-order valence-corrected chi connectivity index (χ0v) is 16.8. The first-order chi connectivity index (χ1) is 14.5. The number of hydrogen-bond acceptors (Lipinski definition) is 7.